The molecule has 0 saturated carbocycles. The average Bonchev–Trinajstić information content (AvgIpc) is 0.685. The van der Waals surface area contributed by atoms with E-state index in [-0.39, 0.29) is 150 Å². The number of carbonyl (C=O) groups excluding carboxylic acids is 16. The zero-order valence-corrected chi connectivity index (χ0v) is 70.9. The van der Waals surface area contributed by atoms with E-state index in [1.54, 1.807) is 38.1 Å². The van der Waals surface area contributed by atoms with Crippen LogP contribution in [-0.4, -0.2) is 163 Å². The third kappa shape index (κ3) is 11.3. The van der Waals surface area contributed by atoms with Crippen molar-refractivity contribution in [2.75, 3.05) is 39.3 Å². The van der Waals surface area contributed by atoms with Gasteiger partial charge in [0.2, 0.25) is 0 Å². The minimum atomic E-state index is -0.976. The Kier molecular flexibility index (Phi) is 20.3. The second-order valence-electron chi connectivity index (χ2n) is 29.1. The van der Waals surface area contributed by atoms with Crippen molar-refractivity contribution < 1.29 is 89.9 Å². The zero-order chi connectivity index (χ0) is 84.8. The van der Waals surface area contributed by atoms with E-state index in [0.717, 1.165) is 60.4 Å². The maximum atomic E-state index is 16.0. The summed E-state index contributed by atoms with van der Waals surface area (Å²) in [5.41, 5.74) is 2.58. The van der Waals surface area contributed by atoms with Gasteiger partial charge in [-0.15, -0.1) is 0 Å². The highest BCUT2D eigenvalue weighted by molar-refractivity contribution is 9.13. The molecule has 0 aromatic heterocycles. The SMILES string of the molecule is CCCCN1C(=O)c2cc(Cl)c3c4c(cc(Cl)c(c24)C1=O)C(=O)N(CC)C3=O.CCCCN1C(=O)c2cc(F)c3c4c(cc(F)c(c24)C1=O)C(=O)N(CC)C3=O.CCCCN1C(=O)c2ccc3c4c(F)cc5c6c(ccc(c7c(C)cc(c2c37)C1=O)c64)C(=O)N(CC)C5=O.O=C1CC(=O)c2c(Br)c(Br)c3c4c(c(Br)c(Br)c1c24)C(=O)NC3=O. The Bertz CT molecular complexity index is 6510. The number of amides is 14. The third-order valence-corrected chi connectivity index (χ3v) is 27.6. The van der Waals surface area contributed by atoms with Gasteiger partial charge in [-0.25, -0.2) is 13.2 Å². The van der Waals surface area contributed by atoms with Crippen LogP contribution in [0.5, 0.6) is 0 Å². The lowest BCUT2D eigenvalue weighted by atomic mass is 9.80. The predicted octanol–water partition coefficient (Wildman–Crippen LogP) is 18.0. The number of Topliss-reactive ketones (excluding diaryl/α,β-unsaturated/α-hetero) is 2. The molecule has 7 aliphatic heterocycles. The van der Waals surface area contributed by atoms with E-state index >= 15 is 4.39 Å². The first kappa shape index (κ1) is 80.9. The summed E-state index contributed by atoms with van der Waals surface area (Å²) in [6.07, 6.45) is 3.96. The molecule has 0 saturated heterocycles. The molecule has 0 radical (unpaired) electrons. The number of hydrogen-bond donors (Lipinski definition) is 1. The van der Waals surface area contributed by atoms with Gasteiger partial charge < -0.3 is 0 Å². The number of carbonyl (C=O) groups is 16. The molecule has 11 aromatic carbocycles. The number of nitrogens with one attached hydrogen (secondary N) is 1. The molecule has 0 bridgehead atoms. The van der Waals surface area contributed by atoms with Gasteiger partial charge in [-0.3, -0.25) is 111 Å². The molecule has 1 aliphatic carbocycles. The molecule has 118 heavy (non-hydrogen) atoms. The van der Waals surface area contributed by atoms with E-state index in [1.807, 2.05) is 33.8 Å². The van der Waals surface area contributed by atoms with Crippen molar-refractivity contribution in [2.24, 2.45) is 0 Å². The number of hydrogen-bond acceptors (Lipinski definition) is 16. The van der Waals surface area contributed by atoms with Gasteiger partial charge in [0.1, 0.15) is 17.5 Å². The van der Waals surface area contributed by atoms with Gasteiger partial charge in [-0.2, -0.15) is 0 Å². The smallest absolute Gasteiger partial charge is 0.264 e. The molecule has 32 heteroatoms. The van der Waals surface area contributed by atoms with Crippen LogP contribution in [0.25, 0.3) is 75.4 Å². The molecule has 14 amide bonds. The molecule has 19 rings (SSSR count). The van der Waals surface area contributed by atoms with E-state index in [0.29, 0.717) is 121 Å². The standard InChI is InChI=1S/C31H23FN2O4.C20H16Cl2N2O4.C20H16F2N2O4.C15H3Br4NO4/c1-4-6-11-34-29(36)18-10-8-16-25-21(32)13-20-24-17(28(35)33(5-2)30(20)37)9-7-15(27(24)25)22-14(3)12-19(31(34)38)23(18)26(16)22;2*1-3-5-6-24-18(26)10-8-11(21)15-13-9(17(25)23(4-2)19(15)27)7-12(22)16(14(10)13)20(24)28;16-10-4-2(21)1-3(22)5-6(4)7-8(12(10)18)14(23)20-15(24)9(7)13(19)11(5)17/h7-10,12-13H,4-6,11H2,1-3H3;2*7-8H,3-6H2,1-2H3;1H2,(H,20,23,24). The lowest BCUT2D eigenvalue weighted by Gasteiger charge is -2.32. The first-order valence-electron chi connectivity index (χ1n) is 37.5. The summed E-state index contributed by atoms with van der Waals surface area (Å²) in [6, 6.07) is 14.4. The number of aryl methyl sites for hydroxylation is 1. The van der Waals surface area contributed by atoms with Crippen molar-refractivity contribution in [3.05, 3.63) is 201 Å². The number of imide groups is 7. The lowest BCUT2D eigenvalue weighted by Crippen LogP contribution is -2.44. The highest BCUT2D eigenvalue weighted by atomic mass is 79.9. The van der Waals surface area contributed by atoms with E-state index in [2.05, 4.69) is 69.0 Å². The van der Waals surface area contributed by atoms with Gasteiger partial charge >= 0.3 is 0 Å². The highest BCUT2D eigenvalue weighted by Gasteiger charge is 2.47. The largest absolute Gasteiger partial charge is 0.294 e. The number of rotatable bonds is 12. The van der Waals surface area contributed by atoms with Gasteiger partial charge in [0.15, 0.2) is 11.6 Å². The maximum absolute atomic E-state index is 16.0. The number of halogens is 9. The van der Waals surface area contributed by atoms with Crippen molar-refractivity contribution in [1.82, 2.24) is 34.7 Å². The Balaban J connectivity index is 0.000000119. The predicted molar refractivity (Wildman–Crippen MR) is 444 cm³/mol. The molecular formula is C86H58Br4Cl2F3N7O16. The summed E-state index contributed by atoms with van der Waals surface area (Å²) in [4.78, 5) is 212. The van der Waals surface area contributed by atoms with Crippen molar-refractivity contribution in [3.8, 4) is 0 Å². The van der Waals surface area contributed by atoms with Crippen molar-refractivity contribution in [1.29, 1.82) is 0 Å². The summed E-state index contributed by atoms with van der Waals surface area (Å²) in [5.74, 6) is -11.3. The molecule has 8 aliphatic rings. The molecule has 23 nitrogen and oxygen atoms in total. The Morgan fingerprint density at radius 2 is 0.610 bits per heavy atom. The second kappa shape index (κ2) is 29.6. The molecule has 7 heterocycles. The molecule has 0 spiro atoms. The van der Waals surface area contributed by atoms with E-state index < -0.39 is 99.5 Å². The zero-order valence-electron chi connectivity index (χ0n) is 63.1. The fourth-order valence-corrected chi connectivity index (χ4v) is 20.4. The minimum Gasteiger partial charge on any atom is -0.294 e. The summed E-state index contributed by atoms with van der Waals surface area (Å²) < 4.78 is 47.3. The van der Waals surface area contributed by atoms with Gasteiger partial charge in [-0.05, 0) is 186 Å². The molecule has 596 valence electrons. The molecule has 0 atom stereocenters. The summed E-state index contributed by atoms with van der Waals surface area (Å²) in [5, 5.41) is 7.70. The summed E-state index contributed by atoms with van der Waals surface area (Å²) in [6.45, 7) is 13.7. The Morgan fingerprint density at radius 3 is 1.03 bits per heavy atom. The quantitative estimate of drug-likeness (QED) is 0.0514. The van der Waals surface area contributed by atoms with Crippen molar-refractivity contribution >= 4 is 257 Å². The fourth-order valence-electron chi connectivity index (χ4n) is 17.4. The van der Waals surface area contributed by atoms with Gasteiger partial charge in [-0.1, -0.05) is 75.4 Å². The Labute approximate surface area is 709 Å². The van der Waals surface area contributed by atoms with Crippen LogP contribution in [0, 0.1) is 24.4 Å². The Hall–Kier alpha value is -10.9. The normalized spacial score (nSPS) is 15.7. The van der Waals surface area contributed by atoms with Crippen LogP contribution in [0.2, 0.25) is 10.0 Å². The van der Waals surface area contributed by atoms with Crippen LogP contribution < -0.4 is 5.32 Å². The van der Waals surface area contributed by atoms with Gasteiger partial charge in [0, 0.05) is 139 Å². The molecule has 0 fully saturated rings. The summed E-state index contributed by atoms with van der Waals surface area (Å²) in [7, 11) is 0. The highest BCUT2D eigenvalue weighted by Crippen LogP contribution is 2.53. The first-order valence-corrected chi connectivity index (χ1v) is 41.5. The van der Waals surface area contributed by atoms with Crippen LogP contribution >= 0.6 is 86.9 Å². The van der Waals surface area contributed by atoms with Crippen LogP contribution in [-0.2, 0) is 0 Å². The molecule has 0 unspecified atom stereocenters. The fraction of sp³-hybridized carbons (Fsp3) is 0.233. The summed E-state index contributed by atoms with van der Waals surface area (Å²) >= 11 is 26.1. The molecule has 1 N–H and O–H groups in total. The first-order chi connectivity index (χ1) is 56.2. The number of unbranched alkanes of at least 4 members (excludes halogenated alkanes) is 3. The minimum absolute atomic E-state index is 0.0220. The Morgan fingerprint density at radius 1 is 0.314 bits per heavy atom. The van der Waals surface area contributed by atoms with Gasteiger partial charge in [0.05, 0.1) is 77.7 Å². The number of ketones is 2. The molecule has 11 aromatic rings. The van der Waals surface area contributed by atoms with Crippen molar-refractivity contribution in [2.45, 2.75) is 93.4 Å². The number of nitrogens with zero attached hydrogens (tertiary/aromatic N) is 6. The molecular weight excluding hydrogens is 1830 g/mol. The van der Waals surface area contributed by atoms with Crippen LogP contribution in [0.1, 0.15) is 258 Å². The third-order valence-electron chi connectivity index (χ3n) is 22.7. The monoisotopic (exact) mass is 1890 g/mol. The van der Waals surface area contributed by atoms with E-state index in [4.69, 9.17) is 23.2 Å². The van der Waals surface area contributed by atoms with Crippen LogP contribution in [0.3, 0.4) is 0 Å². The average molecular weight is 1890 g/mol. The number of fused-ring (bicyclic) bond motifs is 2. The van der Waals surface area contributed by atoms with Crippen molar-refractivity contribution in [3.63, 3.8) is 0 Å². The van der Waals surface area contributed by atoms with E-state index in [9.17, 15) is 85.5 Å². The lowest BCUT2D eigenvalue weighted by molar-refractivity contribution is 0.0585. The number of benzene rings is 11. The van der Waals surface area contributed by atoms with E-state index in [1.165, 1.54) is 30.0 Å². The maximum Gasteiger partial charge on any atom is 0.264 e. The van der Waals surface area contributed by atoms with Gasteiger partial charge in [0.25, 0.3) is 82.7 Å². The topological polar surface area (TPSA) is 305 Å². The second-order valence-corrected chi connectivity index (χ2v) is 33.1. The van der Waals surface area contributed by atoms with Crippen LogP contribution in [0.15, 0.2) is 78.6 Å². The van der Waals surface area contributed by atoms with Crippen LogP contribution in [0.4, 0.5) is 13.2 Å².